The van der Waals surface area contributed by atoms with Gasteiger partial charge in [-0.25, -0.2) is 0 Å². The molecule has 0 saturated carbocycles. The number of carbonyl (C=O) groups is 1. The molecule has 5 heteroatoms. The molecule has 1 unspecified atom stereocenters. The smallest absolute Gasteiger partial charge is 0.248 e. The van der Waals surface area contributed by atoms with Gasteiger partial charge in [-0.2, -0.15) is 0 Å². The van der Waals surface area contributed by atoms with Crippen LogP contribution in [0, 0.1) is 0 Å². The Morgan fingerprint density at radius 3 is 2.52 bits per heavy atom. The van der Waals surface area contributed by atoms with E-state index < -0.39 is 5.91 Å². The van der Waals surface area contributed by atoms with Crippen molar-refractivity contribution in [2.45, 2.75) is 26.4 Å². The topological polar surface area (TPSA) is 58.4 Å². The van der Waals surface area contributed by atoms with E-state index in [0.717, 1.165) is 35.8 Å². The van der Waals surface area contributed by atoms with Gasteiger partial charge in [0.1, 0.15) is 0 Å². The van der Waals surface area contributed by atoms with Gasteiger partial charge in [-0.3, -0.25) is 9.69 Å². The van der Waals surface area contributed by atoms with Gasteiger partial charge in [0.15, 0.2) is 0 Å². The van der Waals surface area contributed by atoms with Crippen LogP contribution in [0.5, 0.6) is 0 Å². The van der Waals surface area contributed by atoms with E-state index in [2.05, 4.69) is 30.1 Å². The molecular formula is C20H26ClN3O. The Morgan fingerprint density at radius 2 is 1.88 bits per heavy atom. The van der Waals surface area contributed by atoms with Crippen molar-refractivity contribution >= 4 is 17.5 Å². The highest BCUT2D eigenvalue weighted by Crippen LogP contribution is 2.27. The predicted octanol–water partition coefficient (Wildman–Crippen LogP) is 3.61. The van der Waals surface area contributed by atoms with Crippen molar-refractivity contribution in [3.63, 3.8) is 0 Å². The van der Waals surface area contributed by atoms with E-state index in [9.17, 15) is 4.79 Å². The maximum absolute atomic E-state index is 11.3. The molecule has 0 aliphatic rings. The number of hydrogen-bond acceptors (Lipinski definition) is 3. The Morgan fingerprint density at radius 1 is 1.16 bits per heavy atom. The number of nitrogens with two attached hydrogens (primary N) is 1. The lowest BCUT2D eigenvalue weighted by Gasteiger charge is -2.31. The Bertz CT molecular complexity index is 701. The Hall–Kier alpha value is -1.88. The number of rotatable bonds is 9. The zero-order valence-corrected chi connectivity index (χ0v) is 15.6. The van der Waals surface area contributed by atoms with Crippen LogP contribution in [0.25, 0.3) is 0 Å². The first-order valence-electron chi connectivity index (χ1n) is 8.64. The van der Waals surface area contributed by atoms with Gasteiger partial charge in [0, 0.05) is 29.7 Å². The number of nitrogens with zero attached hydrogens (tertiary/aromatic N) is 1. The van der Waals surface area contributed by atoms with E-state index in [4.69, 9.17) is 17.3 Å². The Balaban J connectivity index is 2.09. The SMILES string of the molecule is CCN(CC)C(CNCc1cccc(C(N)=O)c1)c1ccccc1Cl. The number of carbonyl (C=O) groups excluding carboxylic acids is 1. The zero-order valence-electron chi connectivity index (χ0n) is 14.8. The summed E-state index contributed by atoms with van der Waals surface area (Å²) in [4.78, 5) is 13.7. The predicted molar refractivity (Wildman–Crippen MR) is 104 cm³/mol. The number of likely N-dealkylation sites (N-methyl/N-ethyl adjacent to an activating group) is 1. The first-order valence-corrected chi connectivity index (χ1v) is 9.02. The lowest BCUT2D eigenvalue weighted by Crippen LogP contribution is -2.35. The lowest BCUT2D eigenvalue weighted by atomic mass is 10.0. The maximum Gasteiger partial charge on any atom is 0.248 e. The van der Waals surface area contributed by atoms with E-state index in [1.54, 1.807) is 6.07 Å². The molecule has 1 atom stereocenters. The molecule has 0 aromatic heterocycles. The van der Waals surface area contributed by atoms with Crippen molar-refractivity contribution < 1.29 is 4.79 Å². The van der Waals surface area contributed by atoms with Crippen molar-refractivity contribution in [3.8, 4) is 0 Å². The third kappa shape index (κ3) is 5.30. The number of nitrogens with one attached hydrogen (secondary N) is 1. The summed E-state index contributed by atoms with van der Waals surface area (Å²) < 4.78 is 0. The van der Waals surface area contributed by atoms with E-state index >= 15 is 0 Å². The normalized spacial score (nSPS) is 12.3. The largest absolute Gasteiger partial charge is 0.366 e. The van der Waals surface area contributed by atoms with Crippen LogP contribution in [0.2, 0.25) is 5.02 Å². The summed E-state index contributed by atoms with van der Waals surface area (Å²) in [5.41, 5.74) is 8.05. The third-order valence-electron chi connectivity index (χ3n) is 4.40. The quantitative estimate of drug-likeness (QED) is 0.719. The molecule has 0 saturated heterocycles. The van der Waals surface area contributed by atoms with Gasteiger partial charge < -0.3 is 11.1 Å². The van der Waals surface area contributed by atoms with Crippen molar-refractivity contribution in [1.29, 1.82) is 0 Å². The fraction of sp³-hybridized carbons (Fsp3) is 0.350. The van der Waals surface area contributed by atoms with Crippen LogP contribution < -0.4 is 11.1 Å². The molecule has 2 aromatic rings. The highest BCUT2D eigenvalue weighted by molar-refractivity contribution is 6.31. The molecule has 4 nitrogen and oxygen atoms in total. The van der Waals surface area contributed by atoms with Gasteiger partial charge in [0.25, 0.3) is 0 Å². The fourth-order valence-corrected chi connectivity index (χ4v) is 3.29. The fourth-order valence-electron chi connectivity index (χ4n) is 3.03. The Kier molecular flexibility index (Phi) is 7.44. The van der Waals surface area contributed by atoms with Gasteiger partial charge in [-0.1, -0.05) is 55.8 Å². The van der Waals surface area contributed by atoms with E-state index in [1.807, 2.05) is 36.4 Å². The van der Waals surface area contributed by atoms with Crippen molar-refractivity contribution in [1.82, 2.24) is 10.2 Å². The second-order valence-corrected chi connectivity index (χ2v) is 6.36. The molecule has 2 aromatic carbocycles. The summed E-state index contributed by atoms with van der Waals surface area (Å²) in [6.45, 7) is 7.65. The summed E-state index contributed by atoms with van der Waals surface area (Å²) in [7, 11) is 0. The molecular weight excluding hydrogens is 334 g/mol. The molecule has 0 radical (unpaired) electrons. The second kappa shape index (κ2) is 9.56. The molecule has 0 aliphatic carbocycles. The number of halogens is 1. The van der Waals surface area contributed by atoms with E-state index in [1.165, 1.54) is 0 Å². The second-order valence-electron chi connectivity index (χ2n) is 5.95. The number of amides is 1. The molecule has 0 fully saturated rings. The minimum absolute atomic E-state index is 0.197. The average Bonchev–Trinajstić information content (AvgIpc) is 2.62. The van der Waals surface area contributed by atoms with Gasteiger partial charge in [-0.05, 0) is 42.4 Å². The molecule has 1 amide bonds. The maximum atomic E-state index is 11.3. The van der Waals surface area contributed by atoms with Crippen LogP contribution in [-0.2, 0) is 6.54 Å². The van der Waals surface area contributed by atoms with Crippen molar-refractivity contribution in [2.75, 3.05) is 19.6 Å². The van der Waals surface area contributed by atoms with Gasteiger partial charge >= 0.3 is 0 Å². The monoisotopic (exact) mass is 359 g/mol. The molecule has 3 N–H and O–H groups in total. The van der Waals surface area contributed by atoms with Gasteiger partial charge in [-0.15, -0.1) is 0 Å². The summed E-state index contributed by atoms with van der Waals surface area (Å²) in [5.74, 6) is -0.404. The zero-order chi connectivity index (χ0) is 18.2. The van der Waals surface area contributed by atoms with E-state index in [-0.39, 0.29) is 6.04 Å². The summed E-state index contributed by atoms with van der Waals surface area (Å²) in [6.07, 6.45) is 0. The standard InChI is InChI=1S/C20H26ClN3O/c1-3-24(4-2)19(17-10-5-6-11-18(17)21)14-23-13-15-8-7-9-16(12-15)20(22)25/h5-12,19,23H,3-4,13-14H2,1-2H3,(H2,22,25). The molecule has 134 valence electrons. The van der Waals surface area contributed by atoms with E-state index in [0.29, 0.717) is 12.1 Å². The van der Waals surface area contributed by atoms with Crippen LogP contribution in [0.15, 0.2) is 48.5 Å². The van der Waals surface area contributed by atoms with Crippen molar-refractivity contribution in [2.24, 2.45) is 5.73 Å². The molecule has 2 rings (SSSR count). The Labute approximate surface area is 155 Å². The van der Waals surface area contributed by atoms with Crippen molar-refractivity contribution in [3.05, 3.63) is 70.2 Å². The van der Waals surface area contributed by atoms with Crippen LogP contribution in [0.4, 0.5) is 0 Å². The highest BCUT2D eigenvalue weighted by atomic mass is 35.5. The van der Waals surface area contributed by atoms with Crippen LogP contribution in [-0.4, -0.2) is 30.4 Å². The minimum atomic E-state index is -0.404. The van der Waals surface area contributed by atoms with Gasteiger partial charge in [0.2, 0.25) is 5.91 Å². The molecule has 0 heterocycles. The van der Waals surface area contributed by atoms with Gasteiger partial charge in [0.05, 0.1) is 0 Å². The lowest BCUT2D eigenvalue weighted by molar-refractivity contribution is 0.1000. The summed E-state index contributed by atoms with van der Waals surface area (Å²) in [6, 6.07) is 15.6. The summed E-state index contributed by atoms with van der Waals surface area (Å²) in [5, 5.41) is 4.28. The highest BCUT2D eigenvalue weighted by Gasteiger charge is 2.19. The first kappa shape index (κ1) is 19.4. The molecule has 0 spiro atoms. The van der Waals surface area contributed by atoms with Crippen LogP contribution in [0.1, 0.15) is 41.4 Å². The van der Waals surface area contributed by atoms with Crippen LogP contribution >= 0.6 is 11.6 Å². The van der Waals surface area contributed by atoms with Crippen LogP contribution in [0.3, 0.4) is 0 Å². The number of hydrogen-bond donors (Lipinski definition) is 2. The summed E-state index contributed by atoms with van der Waals surface area (Å²) >= 11 is 6.42. The number of primary amides is 1. The first-order chi connectivity index (χ1) is 12.1. The molecule has 0 bridgehead atoms. The molecule has 25 heavy (non-hydrogen) atoms. The number of benzene rings is 2. The third-order valence-corrected chi connectivity index (χ3v) is 4.74. The average molecular weight is 360 g/mol. The molecule has 0 aliphatic heterocycles. The minimum Gasteiger partial charge on any atom is -0.366 e.